The molecule has 7 N–H and O–H groups in total. The number of hydrogen-bond acceptors (Lipinski definition) is 6. The van der Waals surface area contributed by atoms with Crippen LogP contribution in [0.1, 0.15) is 44.6 Å². The van der Waals surface area contributed by atoms with Gasteiger partial charge in [-0.05, 0) is 51.1 Å². The lowest BCUT2D eigenvalue weighted by Gasteiger charge is -2.30. The number of carbonyl (C=O) groups excluding carboxylic acids is 3. The molecule has 33 heavy (non-hydrogen) atoms. The van der Waals surface area contributed by atoms with Crippen molar-refractivity contribution in [2.45, 2.75) is 69.6 Å². The molecule has 4 atom stereocenters. The standard InChI is InChI=1S/C23H35N5O5/c1-15(25)20(29)26-17(10-5-6-12-24)22(31)28-13-7-11-19(28)21(30)27-18(23(32)33)14-16-8-3-2-4-9-16/h2-4,8-9,15,17-19H,5-7,10-14,24-25H2,1H3,(H,26,29)(H,27,30)(H,32,33). The van der Waals surface area contributed by atoms with Crippen LogP contribution in [-0.2, 0) is 25.6 Å². The summed E-state index contributed by atoms with van der Waals surface area (Å²) in [5.41, 5.74) is 12.0. The molecule has 10 nitrogen and oxygen atoms in total. The Bertz CT molecular complexity index is 817. The van der Waals surface area contributed by atoms with Crippen LogP contribution >= 0.6 is 0 Å². The SMILES string of the molecule is CC(N)C(=O)NC(CCCCN)C(=O)N1CCCC1C(=O)NC(Cc1ccccc1)C(=O)O. The summed E-state index contributed by atoms with van der Waals surface area (Å²) in [6.07, 6.45) is 2.87. The molecule has 10 heteroatoms. The summed E-state index contributed by atoms with van der Waals surface area (Å²) >= 11 is 0. The van der Waals surface area contributed by atoms with Gasteiger partial charge in [0.25, 0.3) is 0 Å². The fourth-order valence-corrected chi connectivity index (χ4v) is 3.87. The third-order valence-corrected chi connectivity index (χ3v) is 5.71. The van der Waals surface area contributed by atoms with Crippen LogP contribution in [0.4, 0.5) is 0 Å². The van der Waals surface area contributed by atoms with Crippen molar-refractivity contribution in [1.29, 1.82) is 0 Å². The molecular weight excluding hydrogens is 426 g/mol. The van der Waals surface area contributed by atoms with Gasteiger partial charge in [0.1, 0.15) is 18.1 Å². The van der Waals surface area contributed by atoms with Crippen molar-refractivity contribution in [3.8, 4) is 0 Å². The zero-order valence-corrected chi connectivity index (χ0v) is 19.0. The molecule has 0 saturated carbocycles. The number of amides is 3. The van der Waals surface area contributed by atoms with Gasteiger partial charge in [0.05, 0.1) is 6.04 Å². The normalized spacial score (nSPS) is 18.3. The Morgan fingerprint density at radius 1 is 1.12 bits per heavy atom. The van der Waals surface area contributed by atoms with Gasteiger partial charge < -0.3 is 32.1 Å². The summed E-state index contributed by atoms with van der Waals surface area (Å²) in [5, 5.41) is 14.9. The largest absolute Gasteiger partial charge is 0.480 e. The lowest BCUT2D eigenvalue weighted by molar-refractivity contribution is -0.145. The van der Waals surface area contributed by atoms with Gasteiger partial charge in [-0.3, -0.25) is 14.4 Å². The molecule has 1 aliphatic rings. The number of unbranched alkanes of at least 4 members (excludes halogenated alkanes) is 1. The van der Waals surface area contributed by atoms with E-state index >= 15 is 0 Å². The van der Waals surface area contributed by atoms with Crippen molar-refractivity contribution >= 4 is 23.7 Å². The number of carboxylic acids is 1. The second kappa shape index (κ2) is 12.9. The van der Waals surface area contributed by atoms with Gasteiger partial charge in [-0.2, -0.15) is 0 Å². The molecule has 0 bridgehead atoms. The molecule has 1 aromatic rings. The van der Waals surface area contributed by atoms with Gasteiger partial charge in [-0.1, -0.05) is 30.3 Å². The van der Waals surface area contributed by atoms with Crippen molar-refractivity contribution in [2.75, 3.05) is 13.1 Å². The van der Waals surface area contributed by atoms with Crippen LogP contribution in [0.25, 0.3) is 0 Å². The minimum atomic E-state index is -1.15. The van der Waals surface area contributed by atoms with Gasteiger partial charge in [0.2, 0.25) is 17.7 Å². The molecule has 0 aliphatic carbocycles. The number of carboxylic acid groups (broad SMARTS) is 1. The second-order valence-electron chi connectivity index (χ2n) is 8.41. The average molecular weight is 462 g/mol. The minimum absolute atomic E-state index is 0.134. The van der Waals surface area contributed by atoms with E-state index < -0.39 is 42.0 Å². The Balaban J connectivity index is 2.10. The Morgan fingerprint density at radius 3 is 2.42 bits per heavy atom. The van der Waals surface area contributed by atoms with Gasteiger partial charge in [0.15, 0.2) is 0 Å². The maximum Gasteiger partial charge on any atom is 0.326 e. The van der Waals surface area contributed by atoms with Crippen molar-refractivity contribution in [3.05, 3.63) is 35.9 Å². The monoisotopic (exact) mass is 461 g/mol. The third kappa shape index (κ3) is 7.83. The molecule has 1 fully saturated rings. The predicted octanol–water partition coefficient (Wildman–Crippen LogP) is -0.249. The topological polar surface area (TPSA) is 168 Å². The van der Waals surface area contributed by atoms with Crippen LogP contribution < -0.4 is 22.1 Å². The Hall–Kier alpha value is -2.98. The van der Waals surface area contributed by atoms with Crippen LogP contribution in [-0.4, -0.2) is 71.0 Å². The van der Waals surface area contributed by atoms with E-state index in [9.17, 15) is 24.3 Å². The molecule has 1 heterocycles. The van der Waals surface area contributed by atoms with Gasteiger partial charge in [-0.15, -0.1) is 0 Å². The lowest BCUT2D eigenvalue weighted by Crippen LogP contribution is -2.56. The summed E-state index contributed by atoms with van der Waals surface area (Å²) in [6.45, 7) is 2.35. The molecule has 1 aromatic carbocycles. The summed E-state index contributed by atoms with van der Waals surface area (Å²) < 4.78 is 0. The molecule has 2 rings (SSSR count). The van der Waals surface area contributed by atoms with E-state index in [0.717, 1.165) is 5.56 Å². The Labute approximate surface area is 194 Å². The number of rotatable bonds is 12. The fraction of sp³-hybridized carbons (Fsp3) is 0.565. The maximum atomic E-state index is 13.3. The summed E-state index contributed by atoms with van der Waals surface area (Å²) in [7, 11) is 0. The van der Waals surface area contributed by atoms with Crippen LogP contribution in [0, 0.1) is 0 Å². The molecule has 1 aliphatic heterocycles. The lowest BCUT2D eigenvalue weighted by atomic mass is 10.0. The zero-order chi connectivity index (χ0) is 24.4. The average Bonchev–Trinajstić information content (AvgIpc) is 3.28. The molecule has 4 unspecified atom stereocenters. The number of aliphatic carboxylic acids is 1. The molecule has 3 amide bonds. The van der Waals surface area contributed by atoms with Crippen molar-refractivity contribution in [1.82, 2.24) is 15.5 Å². The van der Waals surface area contributed by atoms with Crippen molar-refractivity contribution in [3.63, 3.8) is 0 Å². The summed E-state index contributed by atoms with van der Waals surface area (Å²) in [5.74, 6) is -2.47. The van der Waals surface area contributed by atoms with Crippen LogP contribution in [0.5, 0.6) is 0 Å². The zero-order valence-electron chi connectivity index (χ0n) is 19.0. The highest BCUT2D eigenvalue weighted by Gasteiger charge is 2.38. The van der Waals surface area contributed by atoms with E-state index in [4.69, 9.17) is 11.5 Å². The first kappa shape index (κ1) is 26.3. The Kier molecular flexibility index (Phi) is 10.3. The summed E-state index contributed by atoms with van der Waals surface area (Å²) in [4.78, 5) is 51.6. The number of carbonyl (C=O) groups is 4. The van der Waals surface area contributed by atoms with E-state index in [1.807, 2.05) is 6.07 Å². The molecule has 0 radical (unpaired) electrons. The number of nitrogens with zero attached hydrogens (tertiary/aromatic N) is 1. The van der Waals surface area contributed by atoms with Crippen molar-refractivity contribution in [2.24, 2.45) is 11.5 Å². The molecule has 0 aromatic heterocycles. The van der Waals surface area contributed by atoms with E-state index in [-0.39, 0.29) is 12.3 Å². The predicted molar refractivity (Wildman–Crippen MR) is 123 cm³/mol. The van der Waals surface area contributed by atoms with Crippen molar-refractivity contribution < 1.29 is 24.3 Å². The maximum absolute atomic E-state index is 13.3. The van der Waals surface area contributed by atoms with Gasteiger partial charge in [0, 0.05) is 13.0 Å². The highest BCUT2D eigenvalue weighted by molar-refractivity contribution is 5.94. The number of benzene rings is 1. The number of nitrogens with two attached hydrogens (primary N) is 2. The van der Waals surface area contributed by atoms with Crippen LogP contribution in [0.3, 0.4) is 0 Å². The number of nitrogens with one attached hydrogen (secondary N) is 2. The first-order chi connectivity index (χ1) is 15.7. The number of hydrogen-bond donors (Lipinski definition) is 5. The summed E-state index contributed by atoms with van der Waals surface area (Å²) in [6, 6.07) is 5.51. The molecule has 0 spiro atoms. The molecule has 1 saturated heterocycles. The van der Waals surface area contributed by atoms with Gasteiger partial charge in [-0.25, -0.2) is 4.79 Å². The number of likely N-dealkylation sites (tertiary alicyclic amines) is 1. The van der Waals surface area contributed by atoms with E-state index in [0.29, 0.717) is 45.2 Å². The molecular formula is C23H35N5O5. The first-order valence-electron chi connectivity index (χ1n) is 11.4. The van der Waals surface area contributed by atoms with E-state index in [2.05, 4.69) is 10.6 Å². The smallest absolute Gasteiger partial charge is 0.326 e. The highest BCUT2D eigenvalue weighted by atomic mass is 16.4. The highest BCUT2D eigenvalue weighted by Crippen LogP contribution is 2.20. The quantitative estimate of drug-likeness (QED) is 0.267. The van der Waals surface area contributed by atoms with E-state index in [1.165, 1.54) is 11.8 Å². The first-order valence-corrected chi connectivity index (χ1v) is 11.4. The fourth-order valence-electron chi connectivity index (χ4n) is 3.87. The Morgan fingerprint density at radius 2 is 1.82 bits per heavy atom. The van der Waals surface area contributed by atoms with E-state index in [1.54, 1.807) is 24.3 Å². The van der Waals surface area contributed by atoms with Crippen LogP contribution in [0.15, 0.2) is 30.3 Å². The third-order valence-electron chi connectivity index (χ3n) is 5.71. The second-order valence-corrected chi connectivity index (χ2v) is 8.41. The van der Waals surface area contributed by atoms with Gasteiger partial charge >= 0.3 is 5.97 Å². The minimum Gasteiger partial charge on any atom is -0.480 e. The molecule has 182 valence electrons. The van der Waals surface area contributed by atoms with Crippen LogP contribution in [0.2, 0.25) is 0 Å².